The number of nitrogens with zero attached hydrogens (tertiary/aromatic N) is 1. The number of anilines is 1. The zero-order valence-corrected chi connectivity index (χ0v) is 16.1. The zero-order valence-electron chi connectivity index (χ0n) is 14.4. The van der Waals surface area contributed by atoms with E-state index in [0.717, 1.165) is 22.7 Å². The summed E-state index contributed by atoms with van der Waals surface area (Å²) in [6, 6.07) is 12.4. The van der Waals surface area contributed by atoms with E-state index in [1.54, 1.807) is 24.3 Å². The molecule has 2 aromatic rings. The fraction of sp³-hybridized carbons (Fsp3) is 0.294. The van der Waals surface area contributed by atoms with E-state index in [-0.39, 0.29) is 15.5 Å². The van der Waals surface area contributed by atoms with Gasteiger partial charge in [-0.1, -0.05) is 31.5 Å². The van der Waals surface area contributed by atoms with Crippen molar-refractivity contribution in [3.05, 3.63) is 54.1 Å². The standard InChI is InChI=1S/C17H22N2O4S2/c1-4-6-14-9-11-16(12-10-14)24(20,21)18-15-7-5-8-17(13-15)25(22,23)19(2)3/h5,7-13,18H,4,6H2,1-3H3. The van der Waals surface area contributed by atoms with Gasteiger partial charge >= 0.3 is 0 Å². The molecule has 2 aromatic carbocycles. The molecule has 0 saturated heterocycles. The predicted molar refractivity (Wildman–Crippen MR) is 98.6 cm³/mol. The summed E-state index contributed by atoms with van der Waals surface area (Å²) < 4.78 is 52.8. The van der Waals surface area contributed by atoms with Crippen LogP contribution >= 0.6 is 0 Å². The van der Waals surface area contributed by atoms with E-state index in [0.29, 0.717) is 0 Å². The Morgan fingerprint density at radius 1 is 0.920 bits per heavy atom. The average molecular weight is 383 g/mol. The molecule has 136 valence electrons. The van der Waals surface area contributed by atoms with Crippen molar-refractivity contribution in [1.82, 2.24) is 4.31 Å². The van der Waals surface area contributed by atoms with Gasteiger partial charge in [0.2, 0.25) is 10.0 Å². The zero-order chi connectivity index (χ0) is 18.7. The number of rotatable bonds is 7. The lowest BCUT2D eigenvalue weighted by atomic mass is 10.1. The van der Waals surface area contributed by atoms with Gasteiger partial charge in [-0.05, 0) is 42.3 Å². The van der Waals surface area contributed by atoms with Crippen molar-refractivity contribution in [3.63, 3.8) is 0 Å². The molecule has 2 rings (SSSR count). The first-order chi connectivity index (χ1) is 11.7. The molecule has 0 bridgehead atoms. The summed E-state index contributed by atoms with van der Waals surface area (Å²) in [5.74, 6) is 0. The van der Waals surface area contributed by atoms with Crippen molar-refractivity contribution in [2.45, 2.75) is 29.6 Å². The molecule has 0 aliphatic heterocycles. The van der Waals surface area contributed by atoms with Gasteiger partial charge in [0.25, 0.3) is 10.0 Å². The van der Waals surface area contributed by atoms with Crippen molar-refractivity contribution >= 4 is 25.7 Å². The highest BCUT2D eigenvalue weighted by Crippen LogP contribution is 2.21. The highest BCUT2D eigenvalue weighted by Gasteiger charge is 2.19. The third-order valence-corrected chi connectivity index (χ3v) is 6.85. The van der Waals surface area contributed by atoms with E-state index in [1.807, 2.05) is 0 Å². The molecule has 0 unspecified atom stereocenters. The Balaban J connectivity index is 2.29. The van der Waals surface area contributed by atoms with Crippen LogP contribution in [0.15, 0.2) is 58.3 Å². The van der Waals surface area contributed by atoms with E-state index in [4.69, 9.17) is 0 Å². The normalized spacial score (nSPS) is 12.3. The van der Waals surface area contributed by atoms with Crippen molar-refractivity contribution < 1.29 is 16.8 Å². The third kappa shape index (κ3) is 4.59. The monoisotopic (exact) mass is 382 g/mol. The molecule has 0 fully saturated rings. The highest BCUT2D eigenvalue weighted by molar-refractivity contribution is 7.92. The van der Waals surface area contributed by atoms with Gasteiger partial charge in [0, 0.05) is 14.1 Å². The number of benzene rings is 2. The molecule has 0 heterocycles. The summed E-state index contributed by atoms with van der Waals surface area (Å²) in [7, 11) is -4.58. The highest BCUT2D eigenvalue weighted by atomic mass is 32.2. The molecule has 0 atom stereocenters. The van der Waals surface area contributed by atoms with Crippen molar-refractivity contribution in [1.29, 1.82) is 0 Å². The van der Waals surface area contributed by atoms with Crippen LogP contribution in [0.3, 0.4) is 0 Å². The topological polar surface area (TPSA) is 83.5 Å². The van der Waals surface area contributed by atoms with E-state index in [2.05, 4.69) is 11.6 Å². The summed E-state index contributed by atoms with van der Waals surface area (Å²) in [6.07, 6.45) is 1.87. The fourth-order valence-corrected chi connectivity index (χ4v) is 4.27. The number of aryl methyl sites for hydroxylation is 1. The van der Waals surface area contributed by atoms with E-state index in [1.165, 1.54) is 38.4 Å². The smallest absolute Gasteiger partial charge is 0.261 e. The summed E-state index contributed by atoms with van der Waals surface area (Å²) in [5, 5.41) is 0. The molecule has 0 aliphatic carbocycles. The van der Waals surface area contributed by atoms with Gasteiger partial charge in [-0.15, -0.1) is 0 Å². The van der Waals surface area contributed by atoms with Crippen LogP contribution in [0.25, 0.3) is 0 Å². The van der Waals surface area contributed by atoms with E-state index < -0.39 is 20.0 Å². The Morgan fingerprint density at radius 3 is 2.12 bits per heavy atom. The first-order valence-corrected chi connectivity index (χ1v) is 10.7. The lowest BCUT2D eigenvalue weighted by Gasteiger charge is -2.13. The van der Waals surface area contributed by atoms with Crippen molar-refractivity contribution in [2.75, 3.05) is 18.8 Å². The molecule has 0 aliphatic rings. The van der Waals surface area contributed by atoms with Crippen molar-refractivity contribution in [2.24, 2.45) is 0 Å². The van der Waals surface area contributed by atoms with Gasteiger partial charge < -0.3 is 0 Å². The predicted octanol–water partition coefficient (Wildman–Crippen LogP) is 2.69. The Hall–Kier alpha value is -1.90. The second-order valence-corrected chi connectivity index (χ2v) is 9.65. The molecular weight excluding hydrogens is 360 g/mol. The molecule has 25 heavy (non-hydrogen) atoms. The van der Waals surface area contributed by atoms with Gasteiger partial charge in [0.15, 0.2) is 0 Å². The maximum absolute atomic E-state index is 12.5. The number of hydrogen-bond acceptors (Lipinski definition) is 4. The molecule has 0 aromatic heterocycles. The summed E-state index contributed by atoms with van der Waals surface area (Å²) >= 11 is 0. The van der Waals surface area contributed by atoms with Crippen LogP contribution in [0.4, 0.5) is 5.69 Å². The molecule has 0 spiro atoms. The molecule has 6 nitrogen and oxygen atoms in total. The lowest BCUT2D eigenvalue weighted by molar-refractivity contribution is 0.521. The SMILES string of the molecule is CCCc1ccc(S(=O)(=O)Nc2cccc(S(=O)(=O)N(C)C)c2)cc1. The first kappa shape index (κ1) is 19.4. The number of hydrogen-bond donors (Lipinski definition) is 1. The minimum atomic E-state index is -3.79. The Morgan fingerprint density at radius 2 is 1.56 bits per heavy atom. The maximum Gasteiger partial charge on any atom is 0.261 e. The van der Waals surface area contributed by atoms with Gasteiger partial charge in [-0.25, -0.2) is 21.1 Å². The number of sulfonamides is 2. The molecule has 0 radical (unpaired) electrons. The Bertz CT molecular complexity index is 935. The summed E-state index contributed by atoms with van der Waals surface area (Å²) in [4.78, 5) is 0.157. The second-order valence-electron chi connectivity index (χ2n) is 5.81. The van der Waals surface area contributed by atoms with Crippen LogP contribution in [0.5, 0.6) is 0 Å². The average Bonchev–Trinajstić information content (AvgIpc) is 2.55. The fourth-order valence-electron chi connectivity index (χ4n) is 2.27. The maximum atomic E-state index is 12.5. The minimum Gasteiger partial charge on any atom is -0.280 e. The summed E-state index contributed by atoms with van der Waals surface area (Å²) in [6.45, 7) is 2.06. The lowest BCUT2D eigenvalue weighted by Crippen LogP contribution is -2.22. The van der Waals surface area contributed by atoms with Gasteiger partial charge in [-0.3, -0.25) is 4.72 Å². The van der Waals surface area contributed by atoms with Crippen LogP contribution in [-0.2, 0) is 26.5 Å². The Kier molecular flexibility index (Phi) is 5.87. The molecule has 0 amide bonds. The largest absolute Gasteiger partial charge is 0.280 e. The van der Waals surface area contributed by atoms with Gasteiger partial charge in [-0.2, -0.15) is 0 Å². The second kappa shape index (κ2) is 7.55. The first-order valence-electron chi connectivity index (χ1n) is 7.81. The van der Waals surface area contributed by atoms with Crippen LogP contribution in [0.2, 0.25) is 0 Å². The summed E-state index contributed by atoms with van der Waals surface area (Å²) in [5.41, 5.74) is 1.26. The molecule has 8 heteroatoms. The number of nitrogens with one attached hydrogen (secondary N) is 1. The third-order valence-electron chi connectivity index (χ3n) is 3.64. The molecular formula is C17H22N2O4S2. The van der Waals surface area contributed by atoms with E-state index >= 15 is 0 Å². The van der Waals surface area contributed by atoms with Crippen LogP contribution in [-0.4, -0.2) is 35.2 Å². The van der Waals surface area contributed by atoms with Gasteiger partial charge in [0.1, 0.15) is 0 Å². The van der Waals surface area contributed by atoms with Gasteiger partial charge in [0.05, 0.1) is 15.5 Å². The van der Waals surface area contributed by atoms with Crippen LogP contribution < -0.4 is 4.72 Å². The Labute approximate surface area is 149 Å². The van der Waals surface area contributed by atoms with Crippen LogP contribution in [0.1, 0.15) is 18.9 Å². The van der Waals surface area contributed by atoms with Crippen LogP contribution in [0, 0.1) is 0 Å². The molecule has 0 saturated carbocycles. The van der Waals surface area contributed by atoms with E-state index in [9.17, 15) is 16.8 Å². The molecule has 1 N–H and O–H groups in total. The van der Waals surface area contributed by atoms with Crippen molar-refractivity contribution in [3.8, 4) is 0 Å². The quantitative estimate of drug-likeness (QED) is 0.798. The minimum absolute atomic E-state index is 0.0241.